The summed E-state index contributed by atoms with van der Waals surface area (Å²) in [5.41, 5.74) is -0.318. The number of pyridine rings is 1. The second kappa shape index (κ2) is 5.52. The summed E-state index contributed by atoms with van der Waals surface area (Å²) in [5, 5.41) is 2.89. The highest BCUT2D eigenvalue weighted by Gasteiger charge is 2.17. The molecule has 0 radical (unpaired) electrons. The van der Waals surface area contributed by atoms with E-state index in [2.05, 4.69) is 10.3 Å². The van der Waals surface area contributed by atoms with Gasteiger partial charge < -0.3 is 15.0 Å². The molecule has 1 aromatic rings. The lowest BCUT2D eigenvalue weighted by molar-refractivity contribution is -0.123. The van der Waals surface area contributed by atoms with Gasteiger partial charge in [-0.2, -0.15) is 0 Å². The van der Waals surface area contributed by atoms with Crippen LogP contribution in [0.1, 0.15) is 25.7 Å². The summed E-state index contributed by atoms with van der Waals surface area (Å²) < 4.78 is 5.15. The van der Waals surface area contributed by atoms with Crippen molar-refractivity contribution in [1.29, 1.82) is 0 Å². The van der Waals surface area contributed by atoms with E-state index in [0.717, 1.165) is 12.8 Å². The standard InChI is InChI=1S/C12H16N2O3/c15-11(14-9-4-1-2-5-9)8-17-10-6-3-7-13-12(10)16/h3,6-7,9H,1-2,4-5,8H2,(H,13,16)(H,14,15). The van der Waals surface area contributed by atoms with Gasteiger partial charge in [0.05, 0.1) is 0 Å². The third-order valence-corrected chi connectivity index (χ3v) is 2.86. The minimum atomic E-state index is -0.318. The molecular weight excluding hydrogens is 220 g/mol. The van der Waals surface area contributed by atoms with E-state index in [9.17, 15) is 9.59 Å². The van der Waals surface area contributed by atoms with Crippen LogP contribution in [0, 0.1) is 0 Å². The zero-order chi connectivity index (χ0) is 12.1. The Morgan fingerprint density at radius 1 is 1.47 bits per heavy atom. The van der Waals surface area contributed by atoms with Crippen LogP contribution in [0.3, 0.4) is 0 Å². The molecule has 1 aliphatic rings. The van der Waals surface area contributed by atoms with Crippen LogP contribution < -0.4 is 15.6 Å². The van der Waals surface area contributed by atoms with E-state index in [0.29, 0.717) is 0 Å². The molecule has 1 aromatic heterocycles. The SMILES string of the molecule is O=C(COc1ccc[nH]c1=O)NC1CCCC1. The monoisotopic (exact) mass is 236 g/mol. The predicted octanol–water partition coefficient (Wildman–Crippen LogP) is 0.812. The van der Waals surface area contributed by atoms with Crippen molar-refractivity contribution in [2.24, 2.45) is 0 Å². The first-order chi connectivity index (χ1) is 8.25. The van der Waals surface area contributed by atoms with Gasteiger partial charge in [-0.05, 0) is 25.0 Å². The van der Waals surface area contributed by atoms with Crippen LogP contribution in [-0.2, 0) is 4.79 Å². The topological polar surface area (TPSA) is 71.2 Å². The van der Waals surface area contributed by atoms with Gasteiger partial charge in [-0.1, -0.05) is 12.8 Å². The average Bonchev–Trinajstić information content (AvgIpc) is 2.81. The molecule has 1 aliphatic carbocycles. The maximum absolute atomic E-state index is 11.5. The molecule has 1 heterocycles. The van der Waals surface area contributed by atoms with E-state index in [1.54, 1.807) is 12.1 Å². The third kappa shape index (κ3) is 3.34. The Bertz CT molecular complexity index is 435. The van der Waals surface area contributed by atoms with Gasteiger partial charge in [0.25, 0.3) is 11.5 Å². The lowest BCUT2D eigenvalue weighted by Crippen LogP contribution is -2.36. The molecule has 0 atom stereocenters. The number of H-pyrrole nitrogens is 1. The summed E-state index contributed by atoms with van der Waals surface area (Å²) in [4.78, 5) is 25.3. The van der Waals surface area contributed by atoms with Crippen LogP contribution in [-0.4, -0.2) is 23.5 Å². The van der Waals surface area contributed by atoms with Gasteiger partial charge in [-0.25, -0.2) is 0 Å². The smallest absolute Gasteiger partial charge is 0.290 e. The average molecular weight is 236 g/mol. The van der Waals surface area contributed by atoms with Crippen LogP contribution in [0.5, 0.6) is 5.75 Å². The fraction of sp³-hybridized carbons (Fsp3) is 0.500. The van der Waals surface area contributed by atoms with Gasteiger partial charge in [-0.15, -0.1) is 0 Å². The van der Waals surface area contributed by atoms with Crippen molar-refractivity contribution in [3.8, 4) is 5.75 Å². The molecule has 0 spiro atoms. The number of amides is 1. The van der Waals surface area contributed by atoms with Crippen molar-refractivity contribution < 1.29 is 9.53 Å². The van der Waals surface area contributed by atoms with E-state index < -0.39 is 0 Å². The molecule has 1 fully saturated rings. The molecule has 1 saturated carbocycles. The molecule has 92 valence electrons. The minimum Gasteiger partial charge on any atom is -0.478 e. The molecule has 0 unspecified atom stereocenters. The predicted molar refractivity (Wildman–Crippen MR) is 63.0 cm³/mol. The van der Waals surface area contributed by atoms with E-state index in [1.807, 2.05) is 0 Å². The Morgan fingerprint density at radius 2 is 2.24 bits per heavy atom. The highest BCUT2D eigenvalue weighted by Crippen LogP contribution is 2.17. The second-order valence-corrected chi connectivity index (χ2v) is 4.20. The largest absolute Gasteiger partial charge is 0.478 e. The number of ether oxygens (including phenoxy) is 1. The summed E-state index contributed by atoms with van der Waals surface area (Å²) in [7, 11) is 0. The van der Waals surface area contributed by atoms with Crippen molar-refractivity contribution in [2.75, 3.05) is 6.61 Å². The Hall–Kier alpha value is -1.78. The minimum absolute atomic E-state index is 0.108. The zero-order valence-corrected chi connectivity index (χ0v) is 9.57. The highest BCUT2D eigenvalue weighted by atomic mass is 16.5. The van der Waals surface area contributed by atoms with Crippen LogP contribution in [0.2, 0.25) is 0 Å². The van der Waals surface area contributed by atoms with Crippen LogP contribution in [0.15, 0.2) is 23.1 Å². The fourth-order valence-electron chi connectivity index (χ4n) is 2.00. The van der Waals surface area contributed by atoms with Gasteiger partial charge in [0.1, 0.15) is 0 Å². The van der Waals surface area contributed by atoms with Crippen molar-refractivity contribution >= 4 is 5.91 Å². The maximum atomic E-state index is 11.5. The van der Waals surface area contributed by atoms with Crippen molar-refractivity contribution in [3.63, 3.8) is 0 Å². The fourth-order valence-corrected chi connectivity index (χ4v) is 2.00. The molecule has 1 amide bonds. The van der Waals surface area contributed by atoms with E-state index in [-0.39, 0.29) is 29.9 Å². The van der Waals surface area contributed by atoms with Gasteiger partial charge in [0, 0.05) is 12.2 Å². The molecule has 5 heteroatoms. The summed E-state index contributed by atoms with van der Waals surface area (Å²) in [6.07, 6.45) is 5.94. The first-order valence-electron chi connectivity index (χ1n) is 5.85. The Balaban J connectivity index is 1.80. The van der Waals surface area contributed by atoms with E-state index in [1.165, 1.54) is 19.0 Å². The van der Waals surface area contributed by atoms with Gasteiger partial charge in [0.15, 0.2) is 12.4 Å². The van der Waals surface area contributed by atoms with E-state index in [4.69, 9.17) is 4.74 Å². The van der Waals surface area contributed by atoms with Crippen molar-refractivity contribution in [2.45, 2.75) is 31.7 Å². The summed E-state index contributed by atoms with van der Waals surface area (Å²) in [6, 6.07) is 3.48. The van der Waals surface area contributed by atoms with Gasteiger partial charge in [0.2, 0.25) is 0 Å². The zero-order valence-electron chi connectivity index (χ0n) is 9.57. The summed E-state index contributed by atoms with van der Waals surface area (Å²) >= 11 is 0. The van der Waals surface area contributed by atoms with Crippen LogP contribution in [0.25, 0.3) is 0 Å². The lowest BCUT2D eigenvalue weighted by atomic mass is 10.2. The van der Waals surface area contributed by atoms with Crippen molar-refractivity contribution in [3.05, 3.63) is 28.7 Å². The normalized spacial score (nSPS) is 15.8. The number of carbonyl (C=O) groups excluding carboxylic acids is 1. The summed E-state index contributed by atoms with van der Waals surface area (Å²) in [5.74, 6) is 0.00854. The number of hydrogen-bond acceptors (Lipinski definition) is 3. The molecule has 0 aromatic carbocycles. The number of aromatic nitrogens is 1. The summed E-state index contributed by atoms with van der Waals surface area (Å²) in [6.45, 7) is -0.108. The Labute approximate surface area is 99.2 Å². The molecular formula is C12H16N2O3. The number of carbonyl (C=O) groups is 1. The first-order valence-corrected chi connectivity index (χ1v) is 5.85. The number of aromatic amines is 1. The van der Waals surface area contributed by atoms with Gasteiger partial charge >= 0.3 is 0 Å². The molecule has 2 N–H and O–H groups in total. The lowest BCUT2D eigenvalue weighted by Gasteiger charge is -2.11. The van der Waals surface area contributed by atoms with E-state index >= 15 is 0 Å². The van der Waals surface area contributed by atoms with Gasteiger partial charge in [-0.3, -0.25) is 9.59 Å². The number of rotatable bonds is 4. The molecule has 0 bridgehead atoms. The highest BCUT2D eigenvalue weighted by molar-refractivity contribution is 5.77. The molecule has 17 heavy (non-hydrogen) atoms. The Morgan fingerprint density at radius 3 is 2.94 bits per heavy atom. The third-order valence-electron chi connectivity index (χ3n) is 2.86. The number of hydrogen-bond donors (Lipinski definition) is 2. The first kappa shape index (κ1) is 11.7. The molecule has 0 saturated heterocycles. The quantitative estimate of drug-likeness (QED) is 0.812. The van der Waals surface area contributed by atoms with Crippen LogP contribution >= 0.6 is 0 Å². The maximum Gasteiger partial charge on any atom is 0.290 e. The Kier molecular flexibility index (Phi) is 3.80. The number of nitrogens with one attached hydrogen (secondary N) is 2. The van der Waals surface area contributed by atoms with Crippen molar-refractivity contribution in [1.82, 2.24) is 10.3 Å². The van der Waals surface area contributed by atoms with Crippen LogP contribution in [0.4, 0.5) is 0 Å². The molecule has 0 aliphatic heterocycles. The second-order valence-electron chi connectivity index (χ2n) is 4.20. The molecule has 5 nitrogen and oxygen atoms in total. The molecule has 2 rings (SSSR count).